The molecule has 32 heavy (non-hydrogen) atoms. The summed E-state index contributed by atoms with van der Waals surface area (Å²) >= 11 is 0. The van der Waals surface area contributed by atoms with E-state index in [-0.39, 0.29) is 5.91 Å². The van der Waals surface area contributed by atoms with Gasteiger partial charge in [0.15, 0.2) is 0 Å². The van der Waals surface area contributed by atoms with Crippen LogP contribution in [0.25, 0.3) is 0 Å². The molecule has 2 saturated heterocycles. The van der Waals surface area contributed by atoms with Crippen molar-refractivity contribution in [2.24, 2.45) is 0 Å². The van der Waals surface area contributed by atoms with E-state index in [4.69, 9.17) is 0 Å². The van der Waals surface area contributed by atoms with E-state index in [1.165, 1.54) is 0 Å². The second-order valence-corrected chi connectivity index (χ2v) is 10.9. The SMILES string of the molecule is C=C1CC(P2(=O)N(c3ccccc3)CCCN2c2ccccc2)C(=O)N1c1ccccc1. The summed E-state index contributed by atoms with van der Waals surface area (Å²) in [6.45, 7) is 5.47. The Balaban J connectivity index is 1.63. The first kappa shape index (κ1) is 20.6. The van der Waals surface area contributed by atoms with Crippen molar-refractivity contribution in [1.82, 2.24) is 0 Å². The molecule has 162 valence electrons. The average molecular weight is 443 g/mol. The lowest BCUT2D eigenvalue weighted by atomic mass is 10.3. The van der Waals surface area contributed by atoms with Crippen molar-refractivity contribution < 1.29 is 9.36 Å². The fourth-order valence-electron chi connectivity index (χ4n) is 4.77. The third kappa shape index (κ3) is 3.34. The van der Waals surface area contributed by atoms with Crippen molar-refractivity contribution in [1.29, 1.82) is 0 Å². The third-order valence-corrected chi connectivity index (χ3v) is 9.67. The number of hydrogen-bond donors (Lipinski definition) is 0. The first-order valence-electron chi connectivity index (χ1n) is 10.9. The number of para-hydroxylation sites is 3. The Morgan fingerprint density at radius 2 is 1.16 bits per heavy atom. The normalized spacial score (nSPS) is 20.6. The Bertz CT molecular complexity index is 1120. The quantitative estimate of drug-likeness (QED) is 0.470. The van der Waals surface area contributed by atoms with Crippen LogP contribution in [0.4, 0.5) is 17.1 Å². The molecule has 2 aliphatic heterocycles. The lowest BCUT2D eigenvalue weighted by molar-refractivity contribution is -0.116. The first-order chi connectivity index (χ1) is 15.6. The van der Waals surface area contributed by atoms with E-state index in [2.05, 4.69) is 6.58 Å². The van der Waals surface area contributed by atoms with Crippen LogP contribution in [-0.4, -0.2) is 24.7 Å². The van der Waals surface area contributed by atoms with Crippen LogP contribution in [-0.2, 0) is 9.36 Å². The van der Waals surface area contributed by atoms with Gasteiger partial charge < -0.3 is 9.34 Å². The van der Waals surface area contributed by atoms with Gasteiger partial charge in [0.25, 0.3) is 7.44 Å². The molecule has 2 heterocycles. The molecule has 0 aliphatic carbocycles. The van der Waals surface area contributed by atoms with Crippen molar-refractivity contribution in [3.8, 4) is 0 Å². The highest BCUT2D eigenvalue weighted by atomic mass is 31.2. The number of carbonyl (C=O) groups excluding carboxylic acids is 1. The molecule has 3 aromatic rings. The molecule has 2 fully saturated rings. The summed E-state index contributed by atoms with van der Waals surface area (Å²) in [5, 5.41) is 0. The topological polar surface area (TPSA) is 43.9 Å². The predicted molar refractivity (Wildman–Crippen MR) is 131 cm³/mol. The smallest absolute Gasteiger partial charge is 0.275 e. The number of rotatable bonds is 4. The Hall–Kier alpha value is -3.30. The van der Waals surface area contributed by atoms with Gasteiger partial charge in [-0.05, 0) is 42.8 Å². The van der Waals surface area contributed by atoms with Crippen LogP contribution in [0, 0.1) is 0 Å². The van der Waals surface area contributed by atoms with Gasteiger partial charge in [0.2, 0.25) is 5.91 Å². The molecule has 0 N–H and O–H groups in total. The fraction of sp³-hybridized carbons (Fsp3) is 0.192. The zero-order valence-corrected chi connectivity index (χ0v) is 18.8. The summed E-state index contributed by atoms with van der Waals surface area (Å²) in [5.74, 6) is -0.145. The van der Waals surface area contributed by atoms with E-state index < -0.39 is 13.1 Å². The molecule has 2 aliphatic rings. The summed E-state index contributed by atoms with van der Waals surface area (Å²) in [6.07, 6.45) is 1.23. The van der Waals surface area contributed by atoms with Crippen molar-refractivity contribution in [3.05, 3.63) is 103 Å². The van der Waals surface area contributed by atoms with E-state index >= 15 is 4.57 Å². The van der Waals surface area contributed by atoms with E-state index in [9.17, 15) is 4.79 Å². The lowest BCUT2D eigenvalue weighted by Gasteiger charge is -2.47. The Labute approximate surface area is 189 Å². The standard InChI is InChI=1S/C26H26N3O2P/c1-21-20-25(26(30)29(21)24-16-9-4-10-17-24)32(31)27(22-12-5-2-6-13-22)18-11-19-28(32)23-14-7-3-8-15-23/h2-10,12-17,25H,1,11,18-20H2. The van der Waals surface area contributed by atoms with Crippen molar-refractivity contribution in [2.75, 3.05) is 27.3 Å². The van der Waals surface area contributed by atoms with Gasteiger partial charge in [-0.3, -0.25) is 14.3 Å². The van der Waals surface area contributed by atoms with Gasteiger partial charge in [-0.1, -0.05) is 61.2 Å². The molecular weight excluding hydrogens is 417 g/mol. The van der Waals surface area contributed by atoms with Crippen molar-refractivity contribution in [2.45, 2.75) is 18.5 Å². The van der Waals surface area contributed by atoms with Crippen LogP contribution in [0.1, 0.15) is 12.8 Å². The van der Waals surface area contributed by atoms with E-state index in [0.717, 1.165) is 23.5 Å². The molecule has 3 aromatic carbocycles. The molecule has 1 unspecified atom stereocenters. The van der Waals surface area contributed by atoms with Crippen molar-refractivity contribution >= 4 is 30.4 Å². The monoisotopic (exact) mass is 443 g/mol. The molecule has 0 spiro atoms. The molecule has 1 atom stereocenters. The largest absolute Gasteiger partial charge is 0.306 e. The van der Waals surface area contributed by atoms with Crippen LogP contribution in [0.3, 0.4) is 0 Å². The van der Waals surface area contributed by atoms with E-state index in [0.29, 0.717) is 25.2 Å². The number of amides is 1. The first-order valence-corrected chi connectivity index (χ1v) is 12.6. The van der Waals surface area contributed by atoms with E-state index in [1.807, 2.05) is 100 Å². The van der Waals surface area contributed by atoms with Gasteiger partial charge in [-0.25, -0.2) is 0 Å². The summed E-state index contributed by atoms with van der Waals surface area (Å²) in [7, 11) is -3.36. The Morgan fingerprint density at radius 1 is 0.719 bits per heavy atom. The minimum Gasteiger partial charge on any atom is -0.306 e. The number of allylic oxidation sites excluding steroid dienone is 1. The second-order valence-electron chi connectivity index (χ2n) is 8.16. The molecule has 0 saturated carbocycles. The summed E-state index contributed by atoms with van der Waals surface area (Å²) < 4.78 is 19.2. The minimum absolute atomic E-state index is 0.145. The highest BCUT2D eigenvalue weighted by Crippen LogP contribution is 2.65. The Kier molecular flexibility index (Phi) is 5.36. The molecule has 0 aromatic heterocycles. The maximum atomic E-state index is 15.2. The van der Waals surface area contributed by atoms with Gasteiger partial charge in [-0.15, -0.1) is 0 Å². The lowest BCUT2D eigenvalue weighted by Crippen LogP contribution is -2.45. The number of benzene rings is 3. The second kappa shape index (κ2) is 8.33. The fourth-order valence-corrected chi connectivity index (χ4v) is 8.34. The molecular formula is C26H26N3O2P. The van der Waals surface area contributed by atoms with Crippen LogP contribution in [0.2, 0.25) is 0 Å². The highest BCUT2D eigenvalue weighted by molar-refractivity contribution is 7.69. The van der Waals surface area contributed by atoms with Crippen LogP contribution >= 0.6 is 7.44 Å². The van der Waals surface area contributed by atoms with Gasteiger partial charge in [-0.2, -0.15) is 0 Å². The van der Waals surface area contributed by atoms with Crippen LogP contribution in [0.5, 0.6) is 0 Å². The maximum absolute atomic E-state index is 15.2. The van der Waals surface area contributed by atoms with Gasteiger partial charge in [0.1, 0.15) is 5.66 Å². The maximum Gasteiger partial charge on any atom is 0.275 e. The highest BCUT2D eigenvalue weighted by Gasteiger charge is 2.54. The number of anilines is 3. The summed E-state index contributed by atoms with van der Waals surface area (Å²) in [5.41, 5.74) is 2.54. The van der Waals surface area contributed by atoms with Crippen molar-refractivity contribution in [3.63, 3.8) is 0 Å². The number of carbonyl (C=O) groups is 1. The number of nitrogens with zero attached hydrogens (tertiary/aromatic N) is 3. The molecule has 5 rings (SSSR count). The molecule has 1 amide bonds. The zero-order chi connectivity index (χ0) is 22.1. The molecule has 0 bridgehead atoms. The van der Waals surface area contributed by atoms with E-state index in [1.54, 1.807) is 4.90 Å². The van der Waals surface area contributed by atoms with Gasteiger partial charge >= 0.3 is 0 Å². The van der Waals surface area contributed by atoms with Crippen LogP contribution < -0.4 is 14.2 Å². The summed E-state index contributed by atoms with van der Waals surface area (Å²) in [6, 6.07) is 29.1. The van der Waals surface area contributed by atoms with Gasteiger partial charge in [0, 0.05) is 42.3 Å². The van der Waals surface area contributed by atoms with Crippen LogP contribution in [0.15, 0.2) is 103 Å². The average Bonchev–Trinajstić information content (AvgIpc) is 3.15. The minimum atomic E-state index is -3.36. The zero-order valence-electron chi connectivity index (χ0n) is 17.9. The molecule has 5 nitrogen and oxygen atoms in total. The summed E-state index contributed by atoms with van der Waals surface area (Å²) in [4.78, 5) is 15.5. The molecule has 0 radical (unpaired) electrons. The van der Waals surface area contributed by atoms with Gasteiger partial charge in [0.05, 0.1) is 0 Å². The Morgan fingerprint density at radius 3 is 1.62 bits per heavy atom. The predicted octanol–water partition coefficient (Wildman–Crippen LogP) is 5.92. The number of hydrogen-bond acceptors (Lipinski definition) is 2. The third-order valence-electron chi connectivity index (χ3n) is 6.21. The molecule has 6 heteroatoms.